The standard InChI is InChI=1S/C21H19ClFN7O/c1-12(21(31)25-6-4-13-3-2-5-24-8-13)29-20-17(23)11-28-19(30-20)16-10-27-18-15(16)7-14(22)9-26-18/h2-3,5,7-12H,4,6H2,1H3,(H,25,31)(H,26,27)(H,28,29,30)/t12-/m0/s1. The number of halogens is 2. The minimum absolute atomic E-state index is 0.0655. The van der Waals surface area contributed by atoms with E-state index >= 15 is 0 Å². The second kappa shape index (κ2) is 9.05. The van der Waals surface area contributed by atoms with Crippen LogP contribution in [0.2, 0.25) is 5.02 Å². The van der Waals surface area contributed by atoms with Gasteiger partial charge < -0.3 is 15.6 Å². The highest BCUT2D eigenvalue weighted by molar-refractivity contribution is 6.31. The van der Waals surface area contributed by atoms with Gasteiger partial charge in [0, 0.05) is 42.3 Å². The molecule has 0 aliphatic carbocycles. The number of amides is 1. The Hall–Kier alpha value is -3.59. The maximum absolute atomic E-state index is 14.3. The molecule has 31 heavy (non-hydrogen) atoms. The molecule has 0 unspecified atom stereocenters. The van der Waals surface area contributed by atoms with Gasteiger partial charge in [-0.1, -0.05) is 17.7 Å². The van der Waals surface area contributed by atoms with Crippen LogP contribution in [0.15, 0.2) is 49.2 Å². The lowest BCUT2D eigenvalue weighted by Crippen LogP contribution is -2.39. The van der Waals surface area contributed by atoms with Crippen LogP contribution < -0.4 is 10.6 Å². The number of fused-ring (bicyclic) bond motifs is 1. The number of hydrogen-bond donors (Lipinski definition) is 3. The van der Waals surface area contributed by atoms with Crippen LogP contribution >= 0.6 is 11.6 Å². The lowest BCUT2D eigenvalue weighted by molar-refractivity contribution is -0.121. The number of carbonyl (C=O) groups excluding carboxylic acids is 1. The van der Waals surface area contributed by atoms with Crippen molar-refractivity contribution in [3.63, 3.8) is 0 Å². The zero-order valence-corrected chi connectivity index (χ0v) is 17.3. The molecular weight excluding hydrogens is 421 g/mol. The van der Waals surface area contributed by atoms with Crippen molar-refractivity contribution in [2.24, 2.45) is 0 Å². The summed E-state index contributed by atoms with van der Waals surface area (Å²) in [5.74, 6) is -0.714. The van der Waals surface area contributed by atoms with Gasteiger partial charge in [-0.05, 0) is 31.0 Å². The summed E-state index contributed by atoms with van der Waals surface area (Å²) in [5, 5.41) is 6.82. The second-order valence-electron chi connectivity index (χ2n) is 6.91. The Labute approximate surface area is 182 Å². The van der Waals surface area contributed by atoms with Gasteiger partial charge in [-0.3, -0.25) is 9.78 Å². The number of anilines is 1. The predicted octanol–water partition coefficient (Wildman–Crippen LogP) is 3.37. The fraction of sp³-hybridized carbons (Fsp3) is 0.190. The van der Waals surface area contributed by atoms with Crippen LogP contribution in [0.25, 0.3) is 22.4 Å². The molecule has 0 aromatic carbocycles. The summed E-state index contributed by atoms with van der Waals surface area (Å²) in [4.78, 5) is 32.0. The lowest BCUT2D eigenvalue weighted by Gasteiger charge is -2.15. The Kier molecular flexibility index (Phi) is 6.03. The number of aromatic nitrogens is 5. The normalized spacial score (nSPS) is 12.0. The summed E-state index contributed by atoms with van der Waals surface area (Å²) in [6.45, 7) is 2.08. The monoisotopic (exact) mass is 439 g/mol. The van der Waals surface area contributed by atoms with Crippen LogP contribution in [0, 0.1) is 5.82 Å². The Morgan fingerprint density at radius 2 is 2.16 bits per heavy atom. The Balaban J connectivity index is 1.45. The quantitative estimate of drug-likeness (QED) is 0.407. The summed E-state index contributed by atoms with van der Waals surface area (Å²) in [7, 11) is 0. The third-order valence-electron chi connectivity index (χ3n) is 4.66. The van der Waals surface area contributed by atoms with Crippen molar-refractivity contribution >= 4 is 34.4 Å². The molecule has 0 aliphatic rings. The number of nitrogens with one attached hydrogen (secondary N) is 3. The fourth-order valence-corrected chi connectivity index (χ4v) is 3.22. The van der Waals surface area contributed by atoms with Crippen LogP contribution in [0.1, 0.15) is 12.5 Å². The van der Waals surface area contributed by atoms with E-state index in [2.05, 4.69) is 35.6 Å². The maximum Gasteiger partial charge on any atom is 0.242 e. The number of pyridine rings is 2. The summed E-state index contributed by atoms with van der Waals surface area (Å²) < 4.78 is 14.3. The third kappa shape index (κ3) is 4.77. The minimum atomic E-state index is -0.703. The van der Waals surface area contributed by atoms with Crippen LogP contribution in [0.5, 0.6) is 0 Å². The zero-order chi connectivity index (χ0) is 21.8. The predicted molar refractivity (Wildman–Crippen MR) is 116 cm³/mol. The molecule has 0 spiro atoms. The van der Waals surface area contributed by atoms with E-state index in [1.165, 1.54) is 6.20 Å². The first kappa shape index (κ1) is 20.7. The van der Waals surface area contributed by atoms with Gasteiger partial charge in [0.15, 0.2) is 17.5 Å². The Morgan fingerprint density at radius 1 is 1.29 bits per heavy atom. The first-order valence-electron chi connectivity index (χ1n) is 9.60. The maximum atomic E-state index is 14.3. The largest absolute Gasteiger partial charge is 0.356 e. The molecule has 0 fully saturated rings. The smallest absolute Gasteiger partial charge is 0.242 e. The number of aromatic amines is 1. The van der Waals surface area contributed by atoms with E-state index in [-0.39, 0.29) is 17.5 Å². The molecule has 0 aliphatic heterocycles. The molecule has 4 aromatic rings. The highest BCUT2D eigenvalue weighted by Crippen LogP contribution is 2.28. The molecule has 0 bridgehead atoms. The molecule has 1 amide bonds. The number of hydrogen-bond acceptors (Lipinski definition) is 6. The summed E-state index contributed by atoms with van der Waals surface area (Å²) in [6, 6.07) is 4.80. The van der Waals surface area contributed by atoms with Crippen molar-refractivity contribution in [2.75, 3.05) is 11.9 Å². The average Bonchev–Trinajstić information content (AvgIpc) is 3.19. The van der Waals surface area contributed by atoms with E-state index in [4.69, 9.17) is 11.6 Å². The molecule has 3 N–H and O–H groups in total. The van der Waals surface area contributed by atoms with E-state index in [0.29, 0.717) is 34.6 Å². The summed E-state index contributed by atoms with van der Waals surface area (Å²) >= 11 is 6.04. The third-order valence-corrected chi connectivity index (χ3v) is 4.87. The zero-order valence-electron chi connectivity index (χ0n) is 16.6. The van der Waals surface area contributed by atoms with Gasteiger partial charge in [0.2, 0.25) is 5.91 Å². The van der Waals surface area contributed by atoms with E-state index in [1.807, 2.05) is 12.1 Å². The molecule has 8 nitrogen and oxygen atoms in total. The van der Waals surface area contributed by atoms with Crippen LogP contribution in [-0.4, -0.2) is 43.4 Å². The van der Waals surface area contributed by atoms with E-state index in [0.717, 1.165) is 11.8 Å². The molecule has 4 rings (SSSR count). The fourth-order valence-electron chi connectivity index (χ4n) is 3.06. The molecule has 1 atom stereocenters. The van der Waals surface area contributed by atoms with Crippen molar-refractivity contribution in [2.45, 2.75) is 19.4 Å². The average molecular weight is 440 g/mol. The van der Waals surface area contributed by atoms with Crippen molar-refractivity contribution < 1.29 is 9.18 Å². The molecule has 0 saturated carbocycles. The van der Waals surface area contributed by atoms with Crippen molar-refractivity contribution in [3.8, 4) is 11.4 Å². The van der Waals surface area contributed by atoms with Gasteiger partial charge in [-0.2, -0.15) is 0 Å². The van der Waals surface area contributed by atoms with Crippen LogP contribution in [-0.2, 0) is 11.2 Å². The Morgan fingerprint density at radius 3 is 2.97 bits per heavy atom. The molecule has 10 heteroatoms. The molecule has 0 radical (unpaired) electrons. The topological polar surface area (TPSA) is 108 Å². The summed E-state index contributed by atoms with van der Waals surface area (Å²) in [5.41, 5.74) is 2.26. The minimum Gasteiger partial charge on any atom is -0.356 e. The molecular formula is C21H19ClFN7O. The van der Waals surface area contributed by atoms with E-state index in [9.17, 15) is 9.18 Å². The van der Waals surface area contributed by atoms with Gasteiger partial charge in [0.05, 0.1) is 11.2 Å². The number of nitrogens with zero attached hydrogens (tertiary/aromatic N) is 4. The first-order chi connectivity index (χ1) is 15.0. The molecule has 4 aromatic heterocycles. The van der Waals surface area contributed by atoms with Gasteiger partial charge in [-0.25, -0.2) is 19.3 Å². The lowest BCUT2D eigenvalue weighted by atomic mass is 10.2. The van der Waals surface area contributed by atoms with Crippen molar-refractivity contribution in [1.29, 1.82) is 0 Å². The molecule has 4 heterocycles. The number of H-pyrrole nitrogens is 1. The van der Waals surface area contributed by atoms with E-state index < -0.39 is 11.9 Å². The van der Waals surface area contributed by atoms with Gasteiger partial charge in [0.1, 0.15) is 11.7 Å². The summed E-state index contributed by atoms with van der Waals surface area (Å²) in [6.07, 6.45) is 8.36. The van der Waals surface area contributed by atoms with Gasteiger partial charge >= 0.3 is 0 Å². The van der Waals surface area contributed by atoms with Gasteiger partial charge in [-0.15, -0.1) is 0 Å². The number of carbonyl (C=O) groups is 1. The number of rotatable bonds is 7. The highest BCUT2D eigenvalue weighted by atomic mass is 35.5. The SMILES string of the molecule is C[C@H](Nc1nc(-c2c[nH]c3ncc(Cl)cc23)ncc1F)C(=O)NCCc1cccnc1. The van der Waals surface area contributed by atoms with E-state index in [1.54, 1.807) is 31.6 Å². The molecule has 158 valence electrons. The van der Waals surface area contributed by atoms with Crippen LogP contribution in [0.4, 0.5) is 10.2 Å². The van der Waals surface area contributed by atoms with Gasteiger partial charge in [0.25, 0.3) is 0 Å². The second-order valence-corrected chi connectivity index (χ2v) is 7.35. The van der Waals surface area contributed by atoms with Crippen molar-refractivity contribution in [1.82, 2.24) is 30.2 Å². The molecule has 0 saturated heterocycles. The van der Waals surface area contributed by atoms with Crippen molar-refractivity contribution in [3.05, 3.63) is 65.6 Å². The Bertz CT molecular complexity index is 1220. The first-order valence-corrected chi connectivity index (χ1v) is 9.98. The highest BCUT2D eigenvalue weighted by Gasteiger charge is 2.18. The van der Waals surface area contributed by atoms with Crippen LogP contribution in [0.3, 0.4) is 0 Å².